The van der Waals surface area contributed by atoms with Crippen LogP contribution >= 0.6 is 0 Å². The van der Waals surface area contributed by atoms with Gasteiger partial charge in [0.2, 0.25) is 0 Å². The third-order valence-corrected chi connectivity index (χ3v) is 6.76. The van der Waals surface area contributed by atoms with Gasteiger partial charge in [-0.15, -0.1) is 5.10 Å². The first-order chi connectivity index (χ1) is 15.9. The van der Waals surface area contributed by atoms with Gasteiger partial charge < -0.3 is 19.3 Å². The molecule has 2 aliphatic heterocycles. The Kier molecular flexibility index (Phi) is 6.14. The number of carbonyl (C=O) groups is 2. The normalized spacial score (nSPS) is 21.7. The van der Waals surface area contributed by atoms with Crippen LogP contribution in [0, 0.1) is 0 Å². The lowest BCUT2D eigenvalue weighted by atomic mass is 9.70. The second-order valence-corrected chi connectivity index (χ2v) is 8.53. The number of esters is 2. The molecule has 2 atom stereocenters. The Morgan fingerprint density at radius 1 is 1.12 bits per heavy atom. The lowest BCUT2D eigenvalue weighted by Crippen LogP contribution is -2.46. The summed E-state index contributed by atoms with van der Waals surface area (Å²) in [5, 5.41) is 8.11. The van der Waals surface area contributed by atoms with Crippen LogP contribution in [0.2, 0.25) is 0 Å². The standard InChI is InChI=1S/C24H31N5O4/c1-6-24-11-12-27(4)14-17(22(30)32-7-2)21(24)28(5)20-10-9-16(13-18(20)24)29-15-19(25-26-29)23(31)33-8-3/h9-10,13-15,21H,6-8,11-12H2,1-5H3/t21-,24-/m0/s1. The van der Waals surface area contributed by atoms with Crippen molar-refractivity contribution in [3.05, 3.63) is 47.4 Å². The highest BCUT2D eigenvalue weighted by atomic mass is 16.5. The predicted octanol–water partition coefficient (Wildman–Crippen LogP) is 2.69. The Hall–Kier alpha value is -3.36. The zero-order valence-electron chi connectivity index (χ0n) is 19.9. The molecule has 3 heterocycles. The van der Waals surface area contributed by atoms with Crippen LogP contribution in [0.1, 0.15) is 49.7 Å². The van der Waals surface area contributed by atoms with E-state index in [0.29, 0.717) is 12.2 Å². The van der Waals surface area contributed by atoms with Crippen LogP contribution in [0.4, 0.5) is 5.69 Å². The highest BCUT2D eigenvalue weighted by Gasteiger charge is 2.52. The number of aromatic nitrogens is 3. The number of nitrogens with zero attached hydrogens (tertiary/aromatic N) is 5. The van der Waals surface area contributed by atoms with Crippen molar-refractivity contribution in [1.29, 1.82) is 0 Å². The summed E-state index contributed by atoms with van der Waals surface area (Å²) in [5.41, 5.74) is 3.61. The fraction of sp³-hybridized carbons (Fsp3) is 0.500. The summed E-state index contributed by atoms with van der Waals surface area (Å²) < 4.78 is 12.1. The summed E-state index contributed by atoms with van der Waals surface area (Å²) in [7, 11) is 4.03. The van der Waals surface area contributed by atoms with E-state index in [9.17, 15) is 9.59 Å². The van der Waals surface area contributed by atoms with Crippen LogP contribution in [0.25, 0.3) is 5.69 Å². The Morgan fingerprint density at radius 3 is 2.55 bits per heavy atom. The predicted molar refractivity (Wildman–Crippen MR) is 123 cm³/mol. The summed E-state index contributed by atoms with van der Waals surface area (Å²) in [5.74, 6) is -0.768. The number of ether oxygens (including phenoxy) is 2. The summed E-state index contributed by atoms with van der Waals surface area (Å²) in [6, 6.07) is 5.97. The van der Waals surface area contributed by atoms with Crippen molar-refractivity contribution >= 4 is 17.6 Å². The monoisotopic (exact) mass is 453 g/mol. The SMILES string of the molecule is CCOC(=O)C1=CN(C)CC[C@@]2(CC)c3cc(-n4cc(C(=O)OCC)nn4)ccc3N(C)[C@@H]12. The number of rotatable bonds is 6. The van der Waals surface area contributed by atoms with Gasteiger partial charge in [0, 0.05) is 37.9 Å². The van der Waals surface area contributed by atoms with Crippen LogP contribution in [0.15, 0.2) is 36.2 Å². The van der Waals surface area contributed by atoms with Crippen molar-refractivity contribution in [2.45, 2.75) is 45.1 Å². The molecule has 0 aliphatic carbocycles. The van der Waals surface area contributed by atoms with Crippen LogP contribution in [-0.2, 0) is 19.7 Å². The average Bonchev–Trinajstić information content (AvgIpc) is 3.34. The zero-order chi connectivity index (χ0) is 23.8. The Labute approximate surface area is 193 Å². The van der Waals surface area contributed by atoms with E-state index in [0.717, 1.165) is 36.3 Å². The van der Waals surface area contributed by atoms with Gasteiger partial charge in [-0.1, -0.05) is 12.1 Å². The maximum Gasteiger partial charge on any atom is 0.360 e. The molecule has 4 rings (SSSR count). The number of benzene rings is 1. The van der Waals surface area contributed by atoms with E-state index < -0.39 is 5.97 Å². The quantitative estimate of drug-likeness (QED) is 0.617. The summed E-state index contributed by atoms with van der Waals surface area (Å²) in [6.45, 7) is 7.19. The van der Waals surface area contributed by atoms with Gasteiger partial charge >= 0.3 is 11.9 Å². The van der Waals surface area contributed by atoms with E-state index in [1.54, 1.807) is 17.8 Å². The van der Waals surface area contributed by atoms with Gasteiger partial charge in [-0.3, -0.25) is 0 Å². The van der Waals surface area contributed by atoms with Gasteiger partial charge in [0.15, 0.2) is 5.69 Å². The molecule has 0 N–H and O–H groups in total. The van der Waals surface area contributed by atoms with Gasteiger partial charge in [0.05, 0.1) is 36.7 Å². The summed E-state index contributed by atoms with van der Waals surface area (Å²) >= 11 is 0. The van der Waals surface area contributed by atoms with Gasteiger partial charge in [-0.25, -0.2) is 14.3 Å². The molecule has 2 aromatic rings. The first-order valence-electron chi connectivity index (χ1n) is 11.4. The molecule has 1 aromatic carbocycles. The number of likely N-dealkylation sites (N-methyl/N-ethyl adjacent to an activating group) is 1. The van der Waals surface area contributed by atoms with Gasteiger partial charge in [-0.05, 0) is 50.5 Å². The molecule has 2 aliphatic rings. The third kappa shape index (κ3) is 3.75. The van der Waals surface area contributed by atoms with Crippen molar-refractivity contribution in [3.8, 4) is 5.69 Å². The maximum absolute atomic E-state index is 13.0. The topological polar surface area (TPSA) is 89.8 Å². The van der Waals surface area contributed by atoms with E-state index in [1.165, 1.54) is 0 Å². The van der Waals surface area contributed by atoms with E-state index in [2.05, 4.69) is 39.2 Å². The maximum atomic E-state index is 13.0. The van der Waals surface area contributed by atoms with Crippen molar-refractivity contribution in [2.24, 2.45) is 0 Å². The largest absolute Gasteiger partial charge is 0.463 e. The molecule has 0 saturated heterocycles. The van der Waals surface area contributed by atoms with Crippen LogP contribution in [0.5, 0.6) is 0 Å². The Morgan fingerprint density at radius 2 is 1.85 bits per heavy atom. The molecule has 0 spiro atoms. The smallest absolute Gasteiger partial charge is 0.360 e. The van der Waals surface area contributed by atoms with Crippen molar-refractivity contribution < 1.29 is 19.1 Å². The lowest BCUT2D eigenvalue weighted by molar-refractivity contribution is -0.139. The summed E-state index contributed by atoms with van der Waals surface area (Å²) in [4.78, 5) is 29.3. The van der Waals surface area contributed by atoms with Crippen LogP contribution in [0.3, 0.4) is 0 Å². The lowest BCUT2D eigenvalue weighted by Gasteiger charge is -2.37. The van der Waals surface area contributed by atoms with Crippen LogP contribution in [-0.4, -0.2) is 71.7 Å². The van der Waals surface area contributed by atoms with Crippen molar-refractivity contribution in [2.75, 3.05) is 38.8 Å². The second-order valence-electron chi connectivity index (χ2n) is 8.53. The van der Waals surface area contributed by atoms with E-state index in [-0.39, 0.29) is 29.7 Å². The fourth-order valence-corrected chi connectivity index (χ4v) is 5.18. The highest BCUT2D eigenvalue weighted by Crippen LogP contribution is 2.52. The molecule has 0 fully saturated rings. The van der Waals surface area contributed by atoms with Gasteiger partial charge in [0.1, 0.15) is 0 Å². The van der Waals surface area contributed by atoms with Gasteiger partial charge in [0.25, 0.3) is 0 Å². The molecular weight excluding hydrogens is 422 g/mol. The fourth-order valence-electron chi connectivity index (χ4n) is 5.18. The molecule has 176 valence electrons. The minimum atomic E-state index is -0.495. The number of anilines is 1. The first-order valence-corrected chi connectivity index (χ1v) is 11.4. The molecule has 9 nitrogen and oxygen atoms in total. The number of carbonyl (C=O) groups excluding carboxylic acids is 2. The number of hydrogen-bond donors (Lipinski definition) is 0. The molecule has 9 heteroatoms. The molecular formula is C24H31N5O4. The van der Waals surface area contributed by atoms with E-state index >= 15 is 0 Å². The Balaban J connectivity index is 1.79. The van der Waals surface area contributed by atoms with E-state index in [1.807, 2.05) is 33.3 Å². The Bertz CT molecular complexity index is 1090. The molecule has 0 amide bonds. The molecule has 0 unspecified atom stereocenters. The van der Waals surface area contributed by atoms with Crippen molar-refractivity contribution in [3.63, 3.8) is 0 Å². The minimum Gasteiger partial charge on any atom is -0.463 e. The van der Waals surface area contributed by atoms with Crippen LogP contribution < -0.4 is 4.90 Å². The molecule has 1 aromatic heterocycles. The zero-order valence-corrected chi connectivity index (χ0v) is 19.9. The number of hydrogen-bond acceptors (Lipinski definition) is 8. The second kappa shape index (κ2) is 8.88. The van der Waals surface area contributed by atoms with Crippen molar-refractivity contribution in [1.82, 2.24) is 19.9 Å². The summed E-state index contributed by atoms with van der Waals surface area (Å²) in [6.07, 6.45) is 5.26. The molecule has 0 bridgehead atoms. The van der Waals surface area contributed by atoms with E-state index in [4.69, 9.17) is 9.47 Å². The van der Waals surface area contributed by atoms with Gasteiger partial charge in [-0.2, -0.15) is 0 Å². The minimum absolute atomic E-state index is 0.136. The molecule has 33 heavy (non-hydrogen) atoms. The average molecular weight is 454 g/mol. The number of fused-ring (bicyclic) bond motifs is 3. The molecule has 0 radical (unpaired) electrons. The first kappa shape index (κ1) is 22.8. The third-order valence-electron chi connectivity index (χ3n) is 6.76. The molecule has 0 saturated carbocycles. The highest BCUT2D eigenvalue weighted by molar-refractivity contribution is 5.92.